The number of nitrogens with one attached hydrogen (secondary N) is 1. The van der Waals surface area contributed by atoms with E-state index in [9.17, 15) is 19.5 Å². The van der Waals surface area contributed by atoms with Crippen molar-refractivity contribution in [3.05, 3.63) is 11.6 Å². The third kappa shape index (κ3) is 6.83. The minimum atomic E-state index is -0.995. The Morgan fingerprint density at radius 2 is 1.68 bits per heavy atom. The van der Waals surface area contributed by atoms with Crippen LogP contribution in [0, 0.1) is 17.3 Å². The van der Waals surface area contributed by atoms with Crippen molar-refractivity contribution in [2.75, 3.05) is 13.6 Å². The fourth-order valence-corrected chi connectivity index (χ4v) is 5.23. The molecular weight excluding hydrogens is 430 g/mol. The van der Waals surface area contributed by atoms with Gasteiger partial charge in [-0.3, -0.25) is 14.5 Å². The van der Waals surface area contributed by atoms with Crippen molar-refractivity contribution in [3.8, 4) is 0 Å². The fraction of sp³-hybridized carbons (Fsp3) is 0.815. The molecule has 1 aliphatic carbocycles. The first-order valence-electron chi connectivity index (χ1n) is 13.0. The Hall–Kier alpha value is -1.89. The van der Waals surface area contributed by atoms with Gasteiger partial charge in [-0.2, -0.15) is 0 Å². The van der Waals surface area contributed by atoms with Gasteiger partial charge in [-0.15, -0.1) is 0 Å². The van der Waals surface area contributed by atoms with Gasteiger partial charge in [0.15, 0.2) is 0 Å². The van der Waals surface area contributed by atoms with Gasteiger partial charge in [-0.25, -0.2) is 4.79 Å². The number of rotatable bonds is 9. The quantitative estimate of drug-likeness (QED) is 0.489. The number of piperidine rings is 1. The topological polar surface area (TPSA) is 90.0 Å². The van der Waals surface area contributed by atoms with Crippen LogP contribution in [0.5, 0.6) is 0 Å². The van der Waals surface area contributed by atoms with Crippen molar-refractivity contribution >= 4 is 17.8 Å². The van der Waals surface area contributed by atoms with E-state index in [2.05, 4.69) is 17.1 Å². The van der Waals surface area contributed by atoms with E-state index in [-0.39, 0.29) is 35.4 Å². The first-order valence-corrected chi connectivity index (χ1v) is 13.0. The van der Waals surface area contributed by atoms with Gasteiger partial charge in [0.05, 0.1) is 12.1 Å². The molecule has 0 aromatic rings. The maximum Gasteiger partial charge on any atom is 0.331 e. The number of carbonyl (C=O) groups is 3. The number of carboxylic acids is 1. The van der Waals surface area contributed by atoms with E-state index in [0.29, 0.717) is 12.0 Å². The lowest BCUT2D eigenvalue weighted by atomic mass is 9.78. The molecule has 2 N–H and O–H groups in total. The number of carbonyl (C=O) groups excluding carboxylic acids is 2. The zero-order valence-electron chi connectivity index (χ0n) is 22.6. The van der Waals surface area contributed by atoms with Crippen LogP contribution < -0.4 is 5.32 Å². The normalized spacial score (nSPS) is 23.1. The molecule has 2 amide bonds. The van der Waals surface area contributed by atoms with Crippen molar-refractivity contribution < 1.29 is 19.5 Å². The van der Waals surface area contributed by atoms with Crippen LogP contribution in [0.2, 0.25) is 0 Å². The first kappa shape index (κ1) is 28.3. The van der Waals surface area contributed by atoms with Gasteiger partial charge < -0.3 is 15.3 Å². The van der Waals surface area contributed by atoms with Gasteiger partial charge in [-0.05, 0) is 63.3 Å². The summed E-state index contributed by atoms with van der Waals surface area (Å²) in [7, 11) is 1.70. The molecule has 1 unspecified atom stereocenters. The Morgan fingerprint density at radius 3 is 2.15 bits per heavy atom. The van der Waals surface area contributed by atoms with Crippen LogP contribution in [-0.2, 0) is 14.4 Å². The number of nitrogens with zero attached hydrogens (tertiary/aromatic N) is 2. The number of likely N-dealkylation sites (N-methyl/N-ethyl adjacent to an activating group) is 1. The molecule has 2 aliphatic rings. The van der Waals surface area contributed by atoms with Gasteiger partial charge in [0.1, 0.15) is 6.04 Å². The van der Waals surface area contributed by atoms with Crippen LogP contribution in [0.15, 0.2) is 11.6 Å². The van der Waals surface area contributed by atoms with E-state index >= 15 is 0 Å². The van der Waals surface area contributed by atoms with Crippen molar-refractivity contribution in [3.63, 3.8) is 0 Å². The molecule has 7 heteroatoms. The molecule has 1 aliphatic heterocycles. The summed E-state index contributed by atoms with van der Waals surface area (Å²) >= 11 is 0. The van der Waals surface area contributed by atoms with Gasteiger partial charge in [0, 0.05) is 18.7 Å². The first-order chi connectivity index (χ1) is 15.8. The van der Waals surface area contributed by atoms with E-state index in [1.807, 2.05) is 34.6 Å². The summed E-state index contributed by atoms with van der Waals surface area (Å²) in [5.74, 6) is -0.563. The summed E-state index contributed by atoms with van der Waals surface area (Å²) in [5, 5.41) is 12.5. The van der Waals surface area contributed by atoms with Crippen LogP contribution in [0.1, 0.15) is 87.0 Å². The molecule has 0 spiro atoms. The van der Waals surface area contributed by atoms with Crippen LogP contribution in [0.3, 0.4) is 0 Å². The number of carboxylic acid groups (broad SMARTS) is 1. The maximum atomic E-state index is 13.7. The lowest BCUT2D eigenvalue weighted by molar-refractivity contribution is -0.142. The minimum absolute atomic E-state index is 0.0248. The summed E-state index contributed by atoms with van der Waals surface area (Å²) in [5.41, 5.74) is -0.287. The van der Waals surface area contributed by atoms with Crippen molar-refractivity contribution in [1.29, 1.82) is 0 Å². The molecule has 4 atom stereocenters. The Morgan fingerprint density at radius 1 is 1.06 bits per heavy atom. The third-order valence-corrected chi connectivity index (χ3v) is 7.84. The highest BCUT2D eigenvalue weighted by Crippen LogP contribution is 2.35. The van der Waals surface area contributed by atoms with E-state index in [1.165, 1.54) is 19.3 Å². The molecular formula is C27H47N3O4. The van der Waals surface area contributed by atoms with Crippen LogP contribution in [0.4, 0.5) is 0 Å². The SMILES string of the molecule is CC(=C[C@H](C(C)C)N(C)C(=O)[C@@H](NC(=O)[C@H]1CCCCN1C(C)C1CCC1)C(C)(C)C)C(=O)O. The summed E-state index contributed by atoms with van der Waals surface area (Å²) in [6, 6.07) is -0.907. The van der Waals surface area contributed by atoms with Crippen molar-refractivity contribution in [2.24, 2.45) is 17.3 Å². The smallest absolute Gasteiger partial charge is 0.331 e. The van der Waals surface area contributed by atoms with E-state index in [0.717, 1.165) is 25.8 Å². The second-order valence-electron chi connectivity index (χ2n) is 11.8. The van der Waals surface area contributed by atoms with Crippen molar-refractivity contribution in [2.45, 2.75) is 111 Å². The molecule has 0 aromatic heterocycles. The monoisotopic (exact) mass is 477 g/mol. The highest BCUT2D eigenvalue weighted by Gasteiger charge is 2.41. The molecule has 7 nitrogen and oxygen atoms in total. The van der Waals surface area contributed by atoms with Gasteiger partial charge in [0.25, 0.3) is 0 Å². The van der Waals surface area contributed by atoms with Crippen LogP contribution >= 0.6 is 0 Å². The average molecular weight is 478 g/mol. The Labute approximate surface area is 206 Å². The molecule has 1 saturated carbocycles. The number of likely N-dealkylation sites (tertiary alicyclic amines) is 1. The second-order valence-corrected chi connectivity index (χ2v) is 11.8. The maximum absolute atomic E-state index is 13.7. The van der Waals surface area contributed by atoms with E-state index in [4.69, 9.17) is 0 Å². The predicted octanol–water partition coefficient (Wildman–Crippen LogP) is 4.07. The standard InChI is InChI=1S/C27H47N3O4/c1-17(2)22(16-18(3)26(33)34)29(8)25(32)23(27(5,6)7)28-24(31)21-14-9-10-15-30(21)19(4)20-12-11-13-20/h16-17,19-23H,9-15H2,1-8H3,(H,28,31)(H,33,34)/t19?,21-,22-,23-/m1/s1. The Balaban J connectivity index is 2.23. The molecule has 1 saturated heterocycles. The molecule has 34 heavy (non-hydrogen) atoms. The van der Waals surface area contributed by atoms with E-state index in [1.54, 1.807) is 24.9 Å². The van der Waals surface area contributed by atoms with E-state index < -0.39 is 17.4 Å². The average Bonchev–Trinajstić information content (AvgIpc) is 2.72. The molecule has 2 fully saturated rings. The molecule has 0 radical (unpaired) electrons. The zero-order chi connectivity index (χ0) is 25.8. The van der Waals surface area contributed by atoms with Gasteiger partial charge in [0.2, 0.25) is 11.8 Å². The highest BCUT2D eigenvalue weighted by atomic mass is 16.4. The second kappa shape index (κ2) is 11.7. The molecule has 2 rings (SSSR count). The highest BCUT2D eigenvalue weighted by molar-refractivity contribution is 5.91. The number of hydrogen-bond acceptors (Lipinski definition) is 4. The fourth-order valence-electron chi connectivity index (χ4n) is 5.23. The molecule has 194 valence electrons. The number of hydrogen-bond donors (Lipinski definition) is 2. The van der Waals surface area contributed by atoms with Crippen LogP contribution in [-0.4, -0.2) is 70.4 Å². The summed E-state index contributed by atoms with van der Waals surface area (Å²) in [6.45, 7) is 14.5. The Bertz CT molecular complexity index is 766. The molecule has 0 aromatic carbocycles. The summed E-state index contributed by atoms with van der Waals surface area (Å²) < 4.78 is 0. The Kier molecular flexibility index (Phi) is 9.75. The van der Waals surface area contributed by atoms with Crippen LogP contribution in [0.25, 0.3) is 0 Å². The minimum Gasteiger partial charge on any atom is -0.478 e. The zero-order valence-corrected chi connectivity index (χ0v) is 22.6. The van der Waals surface area contributed by atoms with Gasteiger partial charge in [-0.1, -0.05) is 53.5 Å². The lowest BCUT2D eigenvalue weighted by Crippen LogP contribution is -2.61. The lowest BCUT2D eigenvalue weighted by Gasteiger charge is -2.45. The third-order valence-electron chi connectivity index (χ3n) is 7.84. The predicted molar refractivity (Wildman–Crippen MR) is 135 cm³/mol. The molecule has 1 heterocycles. The largest absolute Gasteiger partial charge is 0.478 e. The van der Waals surface area contributed by atoms with Gasteiger partial charge >= 0.3 is 5.97 Å². The number of aliphatic carboxylic acids is 1. The summed E-state index contributed by atoms with van der Waals surface area (Å²) in [6.07, 6.45) is 8.33. The summed E-state index contributed by atoms with van der Waals surface area (Å²) in [4.78, 5) is 42.6. The molecule has 0 bridgehead atoms. The number of amides is 2. The van der Waals surface area contributed by atoms with Crippen molar-refractivity contribution in [1.82, 2.24) is 15.1 Å².